The summed E-state index contributed by atoms with van der Waals surface area (Å²) in [6, 6.07) is 4.64. The largest absolute Gasteiger partial charge is 0.444 e. The lowest BCUT2D eigenvalue weighted by Crippen LogP contribution is -2.57. The van der Waals surface area contributed by atoms with Crippen molar-refractivity contribution >= 4 is 35.2 Å². The van der Waals surface area contributed by atoms with Gasteiger partial charge in [0.05, 0.1) is 0 Å². The molecule has 1 saturated heterocycles. The number of nitrogens with one attached hydrogen (secondary N) is 2. The number of hydrogen-bond acceptors (Lipinski definition) is 7. The summed E-state index contributed by atoms with van der Waals surface area (Å²) in [4.78, 5) is 56.5. The Kier molecular flexibility index (Phi) is 9.77. The Balaban J connectivity index is 1.64. The van der Waals surface area contributed by atoms with Crippen molar-refractivity contribution in [3.63, 3.8) is 0 Å². The normalized spacial score (nSPS) is 18.2. The number of halogens is 2. The van der Waals surface area contributed by atoms with Crippen LogP contribution in [0.4, 0.5) is 25.0 Å². The van der Waals surface area contributed by atoms with Crippen molar-refractivity contribution in [2.75, 3.05) is 31.3 Å². The van der Waals surface area contributed by atoms with E-state index in [-0.39, 0.29) is 12.5 Å². The Morgan fingerprint density at radius 2 is 1.73 bits per heavy atom. The van der Waals surface area contributed by atoms with Crippen LogP contribution < -0.4 is 16.4 Å². The zero-order chi connectivity index (χ0) is 32.3. The molecule has 2 heterocycles. The first-order valence-corrected chi connectivity index (χ1v) is 14.5. The fraction of sp³-hybridized carbons (Fsp3) is 0.484. The van der Waals surface area contributed by atoms with Gasteiger partial charge in [0, 0.05) is 32.5 Å². The predicted molar refractivity (Wildman–Crippen MR) is 158 cm³/mol. The second-order valence-corrected chi connectivity index (χ2v) is 12.1. The molecule has 0 saturated carbocycles. The van der Waals surface area contributed by atoms with E-state index < -0.39 is 64.9 Å². The summed E-state index contributed by atoms with van der Waals surface area (Å²) >= 11 is 0. The average molecular weight is 616 g/mol. The summed E-state index contributed by atoms with van der Waals surface area (Å²) in [6.07, 6.45) is 0.203. The number of nitrogens with two attached hydrogens (primary N) is 1. The van der Waals surface area contributed by atoms with Crippen molar-refractivity contribution in [1.29, 1.82) is 0 Å². The summed E-state index contributed by atoms with van der Waals surface area (Å²) < 4.78 is 39.8. The summed E-state index contributed by atoms with van der Waals surface area (Å²) in [5, 5.41) is 5.12. The van der Waals surface area contributed by atoms with Crippen molar-refractivity contribution in [2.45, 2.75) is 70.8 Å². The van der Waals surface area contributed by atoms with Gasteiger partial charge in [-0.05, 0) is 81.8 Å². The Labute approximate surface area is 255 Å². The number of anilines is 2. The summed E-state index contributed by atoms with van der Waals surface area (Å²) in [5.41, 5.74) is 6.01. The molecular formula is C31H39F2N5O6. The van der Waals surface area contributed by atoms with Crippen LogP contribution in [0.15, 0.2) is 36.4 Å². The van der Waals surface area contributed by atoms with E-state index in [0.717, 1.165) is 17.0 Å². The smallest absolute Gasteiger partial charge is 0.410 e. The number of amides is 4. The third-order valence-electron chi connectivity index (χ3n) is 7.80. The summed E-state index contributed by atoms with van der Waals surface area (Å²) in [5.74, 6) is -4.29. The number of nitrogens with zero attached hydrogens (tertiary/aromatic N) is 2. The minimum Gasteiger partial charge on any atom is -0.444 e. The number of likely N-dealkylation sites (N-methyl/N-ethyl adjacent to an activating group) is 1. The fourth-order valence-electron chi connectivity index (χ4n) is 5.32. The zero-order valence-corrected chi connectivity index (χ0v) is 25.5. The van der Waals surface area contributed by atoms with Crippen LogP contribution in [0.1, 0.15) is 57.7 Å². The molecule has 11 nitrogen and oxygen atoms in total. The maximum absolute atomic E-state index is 14.5. The highest BCUT2D eigenvalue weighted by Crippen LogP contribution is 2.38. The lowest BCUT2D eigenvalue weighted by atomic mass is 9.90. The monoisotopic (exact) mass is 615 g/mol. The fourth-order valence-corrected chi connectivity index (χ4v) is 5.32. The molecule has 2 unspecified atom stereocenters. The zero-order valence-electron chi connectivity index (χ0n) is 25.5. The third kappa shape index (κ3) is 7.26. The van der Waals surface area contributed by atoms with E-state index in [9.17, 15) is 28.0 Å². The van der Waals surface area contributed by atoms with Gasteiger partial charge >= 0.3 is 6.09 Å². The maximum atomic E-state index is 14.5. The lowest BCUT2D eigenvalue weighted by Gasteiger charge is -2.36. The number of carbonyl (C=O) groups is 4. The molecule has 4 amide bonds. The van der Waals surface area contributed by atoms with Gasteiger partial charge in [-0.1, -0.05) is 12.1 Å². The molecule has 0 spiro atoms. The minimum absolute atomic E-state index is 0.0278. The van der Waals surface area contributed by atoms with Gasteiger partial charge in [-0.25, -0.2) is 13.6 Å². The molecule has 0 aromatic heterocycles. The van der Waals surface area contributed by atoms with Crippen molar-refractivity contribution in [3.05, 3.63) is 59.2 Å². The van der Waals surface area contributed by atoms with Crippen LogP contribution in [0, 0.1) is 17.6 Å². The van der Waals surface area contributed by atoms with Crippen LogP contribution in [-0.2, 0) is 30.4 Å². The van der Waals surface area contributed by atoms with Gasteiger partial charge in [0.15, 0.2) is 0 Å². The number of ether oxygens (including phenoxy) is 2. The van der Waals surface area contributed by atoms with Crippen LogP contribution in [-0.4, -0.2) is 71.6 Å². The van der Waals surface area contributed by atoms with E-state index in [2.05, 4.69) is 10.6 Å². The number of nitrogen functional groups attached to an aromatic ring is 1. The molecule has 2 aliphatic heterocycles. The van der Waals surface area contributed by atoms with E-state index in [0.29, 0.717) is 42.9 Å². The predicted octanol–water partition coefficient (Wildman–Crippen LogP) is 3.74. The second-order valence-electron chi connectivity index (χ2n) is 12.1. The second kappa shape index (κ2) is 13.2. The first-order valence-electron chi connectivity index (χ1n) is 14.5. The van der Waals surface area contributed by atoms with E-state index in [4.69, 9.17) is 15.2 Å². The van der Waals surface area contributed by atoms with Gasteiger partial charge in [0.1, 0.15) is 41.0 Å². The Bertz CT molecular complexity index is 1400. The molecule has 2 aromatic rings. The number of hydrogen-bond donors (Lipinski definition) is 3. The molecule has 13 heteroatoms. The number of benzene rings is 2. The van der Waals surface area contributed by atoms with Gasteiger partial charge in [-0.3, -0.25) is 19.3 Å². The first kappa shape index (κ1) is 32.6. The first-order chi connectivity index (χ1) is 20.7. The molecule has 238 valence electrons. The number of carbonyl (C=O) groups excluding carboxylic acids is 4. The van der Waals surface area contributed by atoms with Gasteiger partial charge < -0.3 is 30.7 Å². The maximum Gasteiger partial charge on any atom is 0.410 e. The van der Waals surface area contributed by atoms with Crippen LogP contribution in [0.2, 0.25) is 0 Å². The summed E-state index contributed by atoms with van der Waals surface area (Å²) in [6.45, 7) is 7.34. The van der Waals surface area contributed by atoms with E-state index in [1.165, 1.54) is 24.9 Å². The molecule has 1 fully saturated rings. The average Bonchev–Trinajstić information content (AvgIpc) is 3.34. The molecule has 3 atom stereocenters. The molecular weight excluding hydrogens is 576 g/mol. The lowest BCUT2D eigenvalue weighted by molar-refractivity contribution is -0.144. The summed E-state index contributed by atoms with van der Waals surface area (Å²) in [7, 11) is 1.42. The van der Waals surface area contributed by atoms with Crippen molar-refractivity contribution < 1.29 is 37.4 Å². The van der Waals surface area contributed by atoms with Gasteiger partial charge in [0.2, 0.25) is 11.8 Å². The van der Waals surface area contributed by atoms with E-state index >= 15 is 0 Å². The quantitative estimate of drug-likeness (QED) is 0.403. The Morgan fingerprint density at radius 3 is 2.34 bits per heavy atom. The van der Waals surface area contributed by atoms with Crippen molar-refractivity contribution in [1.82, 2.24) is 15.1 Å². The molecule has 2 aliphatic rings. The van der Waals surface area contributed by atoms with E-state index in [1.807, 2.05) is 0 Å². The molecule has 44 heavy (non-hydrogen) atoms. The van der Waals surface area contributed by atoms with Crippen molar-refractivity contribution in [2.24, 2.45) is 5.92 Å². The highest BCUT2D eigenvalue weighted by Gasteiger charge is 2.44. The number of fused-ring (bicyclic) bond motifs is 1. The van der Waals surface area contributed by atoms with Crippen LogP contribution in [0.3, 0.4) is 0 Å². The number of para-hydroxylation sites is 1. The van der Waals surface area contributed by atoms with Gasteiger partial charge in [0.25, 0.3) is 5.91 Å². The Morgan fingerprint density at radius 1 is 1.09 bits per heavy atom. The molecule has 0 bridgehead atoms. The van der Waals surface area contributed by atoms with Gasteiger partial charge in [-0.15, -0.1) is 0 Å². The van der Waals surface area contributed by atoms with Crippen LogP contribution >= 0.6 is 0 Å². The van der Waals surface area contributed by atoms with E-state index in [1.54, 1.807) is 39.0 Å². The Hall–Kier alpha value is -4.26. The topological polar surface area (TPSA) is 143 Å². The van der Waals surface area contributed by atoms with Crippen LogP contribution in [0.5, 0.6) is 0 Å². The van der Waals surface area contributed by atoms with Crippen LogP contribution in [0.25, 0.3) is 0 Å². The molecule has 0 aliphatic carbocycles. The standard InChI is InChI=1S/C31H39F2N5O6/c1-17(37(5)30(42)44-31(2,3)4)27(39)35-24(18-11-13-43-14-12-18)29(41)38-16-19-15-20(34)9-10-21(19)26(38)28(40)36-25-22(32)7-6-8-23(25)33/h6-10,15,17-18,24,26H,11-14,16,34H2,1-5H3,(H,35,39)(H,36,40)/t17-,24?,26?/m0/s1. The minimum atomic E-state index is -1.27. The molecule has 4 N–H and O–H groups in total. The highest BCUT2D eigenvalue weighted by atomic mass is 19.1. The molecule has 4 rings (SSSR count). The van der Waals surface area contributed by atoms with Crippen molar-refractivity contribution in [3.8, 4) is 0 Å². The molecule has 0 radical (unpaired) electrons. The third-order valence-corrected chi connectivity index (χ3v) is 7.80. The molecule has 2 aromatic carbocycles. The number of rotatable bonds is 7. The van der Waals surface area contributed by atoms with Gasteiger partial charge in [-0.2, -0.15) is 0 Å². The SMILES string of the molecule is C[C@@H](C(=O)NC(C(=O)N1Cc2cc(N)ccc2C1C(=O)Nc1c(F)cccc1F)C1CCOCC1)N(C)C(=O)OC(C)(C)C. The highest BCUT2D eigenvalue weighted by molar-refractivity contribution is 6.00.